The summed E-state index contributed by atoms with van der Waals surface area (Å²) in [7, 11) is -1.18. The summed E-state index contributed by atoms with van der Waals surface area (Å²) in [5, 5.41) is 5.04. The Bertz CT molecular complexity index is 529. The summed E-state index contributed by atoms with van der Waals surface area (Å²) in [5.41, 5.74) is 2.42. The van der Waals surface area contributed by atoms with Crippen molar-refractivity contribution >= 4 is 13.3 Å². The van der Waals surface area contributed by atoms with Crippen molar-refractivity contribution in [1.82, 2.24) is 10.3 Å². The number of hydrogen-bond acceptors (Lipinski definition) is 2. The van der Waals surface area contributed by atoms with Crippen LogP contribution in [-0.4, -0.2) is 13.1 Å². The van der Waals surface area contributed by atoms with Gasteiger partial charge in [-0.25, -0.2) is 0 Å². The van der Waals surface area contributed by atoms with Gasteiger partial charge in [-0.15, -0.1) is 0 Å². The van der Waals surface area contributed by atoms with Crippen molar-refractivity contribution in [3.05, 3.63) is 59.9 Å². The molecule has 106 valence electrons. The second kappa shape index (κ2) is 6.33. The van der Waals surface area contributed by atoms with Crippen LogP contribution in [0.25, 0.3) is 0 Å². The van der Waals surface area contributed by atoms with Gasteiger partial charge in [-0.05, 0) is 24.6 Å². The topological polar surface area (TPSA) is 24.9 Å². The van der Waals surface area contributed by atoms with Gasteiger partial charge in [0.25, 0.3) is 0 Å². The van der Waals surface area contributed by atoms with Gasteiger partial charge in [0.05, 0.1) is 13.8 Å². The summed E-state index contributed by atoms with van der Waals surface area (Å²) in [4.78, 5) is 4.38. The Morgan fingerprint density at radius 2 is 1.75 bits per heavy atom. The van der Waals surface area contributed by atoms with Crippen LogP contribution in [-0.2, 0) is 6.54 Å². The zero-order valence-corrected chi connectivity index (χ0v) is 13.9. The lowest BCUT2D eigenvalue weighted by Crippen LogP contribution is -2.37. The van der Waals surface area contributed by atoms with E-state index in [1.807, 2.05) is 18.3 Å². The third kappa shape index (κ3) is 4.02. The van der Waals surface area contributed by atoms with E-state index in [0.717, 1.165) is 12.2 Å². The van der Waals surface area contributed by atoms with E-state index >= 15 is 0 Å². The van der Waals surface area contributed by atoms with E-state index in [2.05, 4.69) is 67.2 Å². The van der Waals surface area contributed by atoms with E-state index in [0.29, 0.717) is 0 Å². The number of nitrogens with one attached hydrogen (secondary N) is 1. The molecular weight excluding hydrogens is 260 g/mol. The van der Waals surface area contributed by atoms with Gasteiger partial charge in [-0.2, -0.15) is 0 Å². The predicted molar refractivity (Wildman–Crippen MR) is 88.9 cm³/mol. The standard InChI is InChI=1S/C17H24N2Si/c1-14(17-7-5-6-12-18-17)19-13-15-8-10-16(11-9-15)20(2,3)4/h5-12,14,19H,13H2,1-4H3/t14-/m0/s1. The molecule has 0 saturated heterocycles. The van der Waals surface area contributed by atoms with Crippen molar-refractivity contribution in [2.24, 2.45) is 0 Å². The summed E-state index contributed by atoms with van der Waals surface area (Å²) in [6.45, 7) is 10.2. The average molecular weight is 284 g/mol. The molecule has 0 saturated carbocycles. The molecule has 0 amide bonds. The SMILES string of the molecule is C[C@H](NCc1ccc([Si](C)(C)C)cc1)c1ccccn1. The molecule has 2 rings (SSSR count). The minimum atomic E-state index is -1.18. The summed E-state index contributed by atoms with van der Waals surface area (Å²) < 4.78 is 0. The fraction of sp³-hybridized carbons (Fsp3) is 0.353. The van der Waals surface area contributed by atoms with Crippen molar-refractivity contribution in [2.45, 2.75) is 39.2 Å². The molecule has 0 aliphatic heterocycles. The van der Waals surface area contributed by atoms with Crippen LogP contribution in [0.1, 0.15) is 24.2 Å². The van der Waals surface area contributed by atoms with Gasteiger partial charge in [0.2, 0.25) is 0 Å². The van der Waals surface area contributed by atoms with Crippen LogP contribution in [0.3, 0.4) is 0 Å². The molecular formula is C17H24N2Si. The zero-order valence-electron chi connectivity index (χ0n) is 12.9. The second-order valence-electron chi connectivity index (χ2n) is 6.30. The van der Waals surface area contributed by atoms with E-state index < -0.39 is 8.07 Å². The average Bonchev–Trinajstić information content (AvgIpc) is 2.45. The Hall–Kier alpha value is -1.45. The molecule has 0 aliphatic carbocycles. The fourth-order valence-corrected chi connectivity index (χ4v) is 3.30. The van der Waals surface area contributed by atoms with Crippen LogP contribution in [0.4, 0.5) is 0 Å². The highest BCUT2D eigenvalue weighted by atomic mass is 28.3. The molecule has 0 aliphatic rings. The van der Waals surface area contributed by atoms with Crippen LogP contribution in [0, 0.1) is 0 Å². The van der Waals surface area contributed by atoms with Crippen molar-refractivity contribution < 1.29 is 0 Å². The van der Waals surface area contributed by atoms with Gasteiger partial charge in [0.1, 0.15) is 0 Å². The highest BCUT2D eigenvalue weighted by molar-refractivity contribution is 6.88. The molecule has 20 heavy (non-hydrogen) atoms. The Morgan fingerprint density at radius 3 is 2.30 bits per heavy atom. The van der Waals surface area contributed by atoms with Crippen LogP contribution in [0.2, 0.25) is 19.6 Å². The first kappa shape index (κ1) is 14.9. The predicted octanol–water partition coefficient (Wildman–Crippen LogP) is 3.48. The van der Waals surface area contributed by atoms with Gasteiger partial charge in [0, 0.05) is 18.8 Å². The summed E-state index contributed by atoms with van der Waals surface area (Å²) in [6, 6.07) is 15.4. The van der Waals surface area contributed by atoms with Crippen molar-refractivity contribution in [3.63, 3.8) is 0 Å². The third-order valence-corrected chi connectivity index (χ3v) is 5.63. The zero-order chi connectivity index (χ0) is 14.6. The lowest BCUT2D eigenvalue weighted by molar-refractivity contribution is 0.561. The Balaban J connectivity index is 1.94. The molecule has 0 radical (unpaired) electrons. The molecule has 1 aromatic heterocycles. The van der Waals surface area contributed by atoms with Crippen LogP contribution in [0.5, 0.6) is 0 Å². The quantitative estimate of drug-likeness (QED) is 0.850. The molecule has 1 atom stereocenters. The van der Waals surface area contributed by atoms with Crippen molar-refractivity contribution in [1.29, 1.82) is 0 Å². The highest BCUT2D eigenvalue weighted by Crippen LogP contribution is 2.10. The van der Waals surface area contributed by atoms with Gasteiger partial charge in [0.15, 0.2) is 0 Å². The summed E-state index contributed by atoms with van der Waals surface area (Å²) >= 11 is 0. The maximum Gasteiger partial charge on any atom is 0.0775 e. The fourth-order valence-electron chi connectivity index (χ4n) is 2.13. The lowest BCUT2D eigenvalue weighted by atomic mass is 10.2. The maximum absolute atomic E-state index is 4.38. The van der Waals surface area contributed by atoms with Crippen LogP contribution in [0.15, 0.2) is 48.7 Å². The van der Waals surface area contributed by atoms with Crippen LogP contribution >= 0.6 is 0 Å². The molecule has 0 bridgehead atoms. The van der Waals surface area contributed by atoms with E-state index in [1.54, 1.807) is 0 Å². The van der Waals surface area contributed by atoms with E-state index in [4.69, 9.17) is 0 Å². The molecule has 0 fully saturated rings. The van der Waals surface area contributed by atoms with Crippen molar-refractivity contribution in [2.75, 3.05) is 0 Å². The van der Waals surface area contributed by atoms with E-state index in [9.17, 15) is 0 Å². The normalized spacial score (nSPS) is 13.2. The number of rotatable bonds is 5. The van der Waals surface area contributed by atoms with Gasteiger partial charge in [-0.1, -0.05) is 55.2 Å². The minimum absolute atomic E-state index is 0.271. The molecule has 1 aromatic carbocycles. The number of aromatic nitrogens is 1. The molecule has 1 heterocycles. The van der Waals surface area contributed by atoms with Gasteiger partial charge >= 0.3 is 0 Å². The van der Waals surface area contributed by atoms with E-state index in [1.165, 1.54) is 10.8 Å². The minimum Gasteiger partial charge on any atom is -0.305 e. The van der Waals surface area contributed by atoms with Gasteiger partial charge in [-0.3, -0.25) is 4.98 Å². The lowest BCUT2D eigenvalue weighted by Gasteiger charge is -2.17. The molecule has 0 unspecified atom stereocenters. The first-order valence-electron chi connectivity index (χ1n) is 7.20. The van der Waals surface area contributed by atoms with Crippen molar-refractivity contribution in [3.8, 4) is 0 Å². The van der Waals surface area contributed by atoms with Crippen LogP contribution < -0.4 is 10.5 Å². The third-order valence-electron chi connectivity index (χ3n) is 3.56. The molecule has 2 nitrogen and oxygen atoms in total. The first-order valence-corrected chi connectivity index (χ1v) is 10.7. The molecule has 3 heteroatoms. The highest BCUT2D eigenvalue weighted by Gasteiger charge is 2.15. The Kier molecular flexibility index (Phi) is 4.73. The molecule has 1 N–H and O–H groups in total. The first-order chi connectivity index (χ1) is 9.47. The Morgan fingerprint density at radius 1 is 1.05 bits per heavy atom. The number of nitrogens with zero attached hydrogens (tertiary/aromatic N) is 1. The summed E-state index contributed by atoms with van der Waals surface area (Å²) in [6.07, 6.45) is 1.84. The maximum atomic E-state index is 4.38. The number of hydrogen-bond donors (Lipinski definition) is 1. The second-order valence-corrected chi connectivity index (χ2v) is 11.4. The number of benzene rings is 1. The smallest absolute Gasteiger partial charge is 0.0775 e. The number of pyridine rings is 1. The molecule has 2 aromatic rings. The van der Waals surface area contributed by atoms with Gasteiger partial charge < -0.3 is 5.32 Å². The Labute approximate surface area is 123 Å². The summed E-state index contributed by atoms with van der Waals surface area (Å²) in [5.74, 6) is 0. The largest absolute Gasteiger partial charge is 0.305 e. The molecule has 0 spiro atoms. The monoisotopic (exact) mass is 284 g/mol. The van der Waals surface area contributed by atoms with E-state index in [-0.39, 0.29) is 6.04 Å².